The zero-order valence-electron chi connectivity index (χ0n) is 24.3. The van der Waals surface area contributed by atoms with Crippen molar-refractivity contribution in [3.05, 3.63) is 47.7 Å². The molecule has 0 unspecified atom stereocenters. The molecule has 13 heteroatoms. The van der Waals surface area contributed by atoms with Gasteiger partial charge in [0.2, 0.25) is 11.8 Å². The van der Waals surface area contributed by atoms with E-state index in [9.17, 15) is 27.2 Å². The molecule has 3 aromatic heterocycles. The van der Waals surface area contributed by atoms with Gasteiger partial charge in [0.05, 0.1) is 30.2 Å². The molecule has 0 radical (unpaired) electrons. The summed E-state index contributed by atoms with van der Waals surface area (Å²) in [5, 5.41) is 14.8. The van der Waals surface area contributed by atoms with Gasteiger partial charge in [-0.3, -0.25) is 14.3 Å². The van der Waals surface area contributed by atoms with Crippen LogP contribution in [0.15, 0.2) is 30.7 Å². The fourth-order valence-corrected chi connectivity index (χ4v) is 6.22. The fourth-order valence-electron chi connectivity index (χ4n) is 6.22. The minimum atomic E-state index is -2.72. The van der Waals surface area contributed by atoms with Gasteiger partial charge < -0.3 is 10.6 Å². The number of halogens is 4. The van der Waals surface area contributed by atoms with Gasteiger partial charge in [-0.05, 0) is 75.5 Å². The molecule has 3 aliphatic rings. The summed E-state index contributed by atoms with van der Waals surface area (Å²) in [7, 11) is 0. The van der Waals surface area contributed by atoms with E-state index in [0.717, 1.165) is 18.4 Å². The number of hydrogen-bond donors (Lipinski definition) is 2. The maximum absolute atomic E-state index is 14.1. The lowest BCUT2D eigenvalue weighted by Crippen LogP contribution is -2.38. The van der Waals surface area contributed by atoms with Crippen LogP contribution in [0.4, 0.5) is 17.6 Å². The summed E-state index contributed by atoms with van der Waals surface area (Å²) in [6.45, 7) is 3.83. The molecule has 9 nitrogen and oxygen atoms in total. The molecular formula is C30H37F4N7O2. The molecule has 2 N–H and O–H groups in total. The fraction of sp³-hybridized carbons (Fsp3) is 0.633. The number of carbonyl (C=O) groups excluding carboxylic acids is 2. The van der Waals surface area contributed by atoms with Crippen molar-refractivity contribution in [3.8, 4) is 0 Å². The molecule has 3 aliphatic carbocycles. The number of carbonyl (C=O) groups is 2. The van der Waals surface area contributed by atoms with E-state index in [2.05, 4.69) is 20.8 Å². The monoisotopic (exact) mass is 603 g/mol. The number of amides is 2. The quantitative estimate of drug-likeness (QED) is 0.269. The summed E-state index contributed by atoms with van der Waals surface area (Å²) in [4.78, 5) is 30.8. The molecule has 232 valence electrons. The minimum absolute atomic E-state index is 0.0458. The second-order valence-corrected chi connectivity index (χ2v) is 12.7. The number of aromatic nitrogens is 5. The standard InChI is InChI=1S/C30H37F4N7O2/c1-17(2)41-23(9-12-35-41)28(43)39-27(19-7-10-29(31,32)11-8-19)22-16-40-24(37-22)13-20(15-36-40)26(18-3-4-18)38-25(42)6-5-21-14-30(21,33)34/h9,12-13,15-19,21,26-27H,3-8,10-11,14H2,1-2H3,(H,38,42)(H,39,43)/t21-,26+,27-/m0/s1. The van der Waals surface area contributed by atoms with Crippen molar-refractivity contribution in [2.75, 3.05) is 0 Å². The van der Waals surface area contributed by atoms with E-state index >= 15 is 0 Å². The summed E-state index contributed by atoms with van der Waals surface area (Å²) >= 11 is 0. The van der Waals surface area contributed by atoms with Gasteiger partial charge in [-0.25, -0.2) is 27.1 Å². The number of hydrogen-bond acceptors (Lipinski definition) is 5. The lowest BCUT2D eigenvalue weighted by Gasteiger charge is -2.33. The minimum Gasteiger partial charge on any atom is -0.349 e. The maximum atomic E-state index is 14.1. The van der Waals surface area contributed by atoms with Crippen molar-refractivity contribution >= 4 is 17.5 Å². The number of imidazole rings is 1. The van der Waals surface area contributed by atoms with E-state index in [1.54, 1.807) is 33.9 Å². The van der Waals surface area contributed by atoms with E-state index < -0.39 is 23.8 Å². The Bertz CT molecular complexity index is 1490. The van der Waals surface area contributed by atoms with Gasteiger partial charge in [0.1, 0.15) is 5.69 Å². The average Bonchev–Trinajstić information content (AvgIpc) is 3.76. The SMILES string of the molecule is CC(C)n1nccc1C(=O)N[C@H](c1cn2ncc([C@H](NC(=O)CC[C@H]3CC3(F)F)C3CC3)cc2n1)C1CCC(F)(F)CC1. The molecule has 0 saturated heterocycles. The van der Waals surface area contributed by atoms with Crippen LogP contribution in [-0.2, 0) is 4.79 Å². The third kappa shape index (κ3) is 6.54. The average molecular weight is 604 g/mol. The number of nitrogens with zero attached hydrogens (tertiary/aromatic N) is 5. The van der Waals surface area contributed by atoms with E-state index in [1.165, 1.54) is 0 Å². The van der Waals surface area contributed by atoms with Crippen LogP contribution in [-0.4, -0.2) is 48.0 Å². The Morgan fingerprint density at radius 2 is 1.72 bits per heavy atom. The van der Waals surface area contributed by atoms with Crippen LogP contribution in [0, 0.1) is 17.8 Å². The number of alkyl halides is 4. The molecular weight excluding hydrogens is 566 g/mol. The van der Waals surface area contributed by atoms with Crippen LogP contribution in [0.5, 0.6) is 0 Å². The van der Waals surface area contributed by atoms with Gasteiger partial charge in [0, 0.05) is 43.8 Å². The summed E-state index contributed by atoms with van der Waals surface area (Å²) in [6, 6.07) is 2.48. The summed E-state index contributed by atoms with van der Waals surface area (Å²) < 4.78 is 57.8. The smallest absolute Gasteiger partial charge is 0.270 e. The number of nitrogens with one attached hydrogen (secondary N) is 2. The highest BCUT2D eigenvalue weighted by atomic mass is 19.3. The summed E-state index contributed by atoms with van der Waals surface area (Å²) in [6.07, 6.45) is 6.79. The Morgan fingerprint density at radius 3 is 2.37 bits per heavy atom. The van der Waals surface area contributed by atoms with Crippen LogP contribution in [0.1, 0.15) is 112 Å². The molecule has 3 heterocycles. The third-order valence-corrected chi connectivity index (χ3v) is 9.03. The topological polar surface area (TPSA) is 106 Å². The first-order valence-electron chi connectivity index (χ1n) is 15.1. The third-order valence-electron chi connectivity index (χ3n) is 9.03. The van der Waals surface area contributed by atoms with Crippen LogP contribution in [0.25, 0.3) is 5.65 Å². The van der Waals surface area contributed by atoms with Crippen molar-refractivity contribution in [3.63, 3.8) is 0 Å². The first kappa shape index (κ1) is 29.6. The van der Waals surface area contributed by atoms with Crippen molar-refractivity contribution in [2.45, 2.75) is 102 Å². The second-order valence-electron chi connectivity index (χ2n) is 12.7. The van der Waals surface area contributed by atoms with E-state index in [1.807, 2.05) is 19.9 Å². The summed E-state index contributed by atoms with van der Waals surface area (Å²) in [5.74, 6) is -6.73. The molecule has 43 heavy (non-hydrogen) atoms. The summed E-state index contributed by atoms with van der Waals surface area (Å²) in [5.41, 5.74) is 2.15. The van der Waals surface area contributed by atoms with E-state index in [0.29, 0.717) is 17.0 Å². The largest absolute Gasteiger partial charge is 0.349 e. The Kier molecular flexibility index (Phi) is 7.70. The Morgan fingerprint density at radius 1 is 1.02 bits per heavy atom. The van der Waals surface area contributed by atoms with Gasteiger partial charge >= 0.3 is 0 Å². The van der Waals surface area contributed by atoms with Crippen LogP contribution in [0.3, 0.4) is 0 Å². The molecule has 0 spiro atoms. The molecule has 0 bridgehead atoms. The normalized spacial score (nSPS) is 22.8. The zero-order chi connectivity index (χ0) is 30.5. The molecule has 3 saturated carbocycles. The van der Waals surface area contributed by atoms with Gasteiger partial charge in [-0.1, -0.05) is 0 Å². The lowest BCUT2D eigenvalue weighted by atomic mass is 9.81. The van der Waals surface area contributed by atoms with Crippen LogP contribution >= 0.6 is 0 Å². The number of fused-ring (bicyclic) bond motifs is 1. The van der Waals surface area contributed by atoms with Crippen molar-refractivity contribution in [1.29, 1.82) is 0 Å². The van der Waals surface area contributed by atoms with Crippen molar-refractivity contribution < 1.29 is 27.2 Å². The predicted molar refractivity (Wildman–Crippen MR) is 149 cm³/mol. The zero-order valence-corrected chi connectivity index (χ0v) is 24.3. The van der Waals surface area contributed by atoms with Gasteiger partial charge in [-0.2, -0.15) is 10.2 Å². The molecule has 3 aromatic rings. The first-order chi connectivity index (χ1) is 20.4. The second kappa shape index (κ2) is 11.2. The molecule has 2 amide bonds. The van der Waals surface area contributed by atoms with Crippen LogP contribution < -0.4 is 10.6 Å². The Balaban J connectivity index is 1.23. The van der Waals surface area contributed by atoms with Crippen molar-refractivity contribution in [1.82, 2.24) is 35.0 Å². The van der Waals surface area contributed by atoms with Crippen molar-refractivity contribution in [2.24, 2.45) is 17.8 Å². The lowest BCUT2D eigenvalue weighted by molar-refractivity contribution is -0.122. The predicted octanol–water partition coefficient (Wildman–Crippen LogP) is 5.81. The highest BCUT2D eigenvalue weighted by molar-refractivity contribution is 5.92. The Labute approximate surface area is 246 Å². The van der Waals surface area contributed by atoms with Gasteiger partial charge in [0.15, 0.2) is 5.65 Å². The Hall–Kier alpha value is -3.51. The molecule has 0 aliphatic heterocycles. The van der Waals surface area contributed by atoms with E-state index in [4.69, 9.17) is 4.98 Å². The maximum Gasteiger partial charge on any atom is 0.270 e. The number of rotatable bonds is 11. The van der Waals surface area contributed by atoms with Gasteiger partial charge in [-0.15, -0.1) is 0 Å². The first-order valence-corrected chi connectivity index (χ1v) is 15.1. The highest BCUT2D eigenvalue weighted by Crippen LogP contribution is 2.51. The molecule has 0 aromatic carbocycles. The van der Waals surface area contributed by atoms with Crippen LogP contribution in [0.2, 0.25) is 0 Å². The highest BCUT2D eigenvalue weighted by Gasteiger charge is 2.56. The van der Waals surface area contributed by atoms with Gasteiger partial charge in [0.25, 0.3) is 11.8 Å². The molecule has 3 fully saturated rings. The van der Waals surface area contributed by atoms with E-state index in [-0.39, 0.29) is 80.7 Å². The molecule has 3 atom stereocenters. The molecule has 6 rings (SSSR count).